The zero-order valence-electron chi connectivity index (χ0n) is 10.5. The Morgan fingerprint density at radius 1 is 1.00 bits per heavy atom. The van der Waals surface area contributed by atoms with Crippen molar-refractivity contribution in [2.45, 2.75) is 13.0 Å². The minimum Gasteiger partial charge on any atom is -0.306 e. The van der Waals surface area contributed by atoms with E-state index in [-0.39, 0.29) is 11.4 Å². The highest BCUT2D eigenvalue weighted by Gasteiger charge is 2.19. The van der Waals surface area contributed by atoms with Gasteiger partial charge in [-0.15, -0.1) is 0 Å². The van der Waals surface area contributed by atoms with Gasteiger partial charge in [-0.05, 0) is 30.3 Å². The lowest BCUT2D eigenvalue weighted by Gasteiger charge is -2.19. The molecule has 19 heavy (non-hydrogen) atoms. The molecule has 2 aromatic carbocycles. The van der Waals surface area contributed by atoms with E-state index >= 15 is 0 Å². The second-order valence-electron chi connectivity index (χ2n) is 4.19. The molecule has 1 N–H and O–H groups in total. The third-order valence-corrected chi connectivity index (χ3v) is 2.90. The molecule has 0 fully saturated rings. The third-order valence-electron chi connectivity index (χ3n) is 2.90. The van der Waals surface area contributed by atoms with Crippen LogP contribution in [0.4, 0.5) is 13.2 Å². The van der Waals surface area contributed by atoms with Gasteiger partial charge in [-0.2, -0.15) is 0 Å². The molecule has 0 aromatic heterocycles. The third kappa shape index (κ3) is 2.96. The maximum Gasteiger partial charge on any atom is 0.163 e. The molecule has 1 unspecified atom stereocenters. The highest BCUT2D eigenvalue weighted by molar-refractivity contribution is 5.33. The van der Waals surface area contributed by atoms with Gasteiger partial charge in [0.1, 0.15) is 5.82 Å². The van der Waals surface area contributed by atoms with Crippen LogP contribution in [0, 0.1) is 17.5 Å². The van der Waals surface area contributed by atoms with Gasteiger partial charge in [0.2, 0.25) is 0 Å². The summed E-state index contributed by atoms with van der Waals surface area (Å²) in [6.45, 7) is 2.45. The van der Waals surface area contributed by atoms with E-state index in [1.807, 2.05) is 6.92 Å². The van der Waals surface area contributed by atoms with Crippen molar-refractivity contribution in [1.29, 1.82) is 0 Å². The van der Waals surface area contributed by atoms with Gasteiger partial charge < -0.3 is 5.32 Å². The number of hydrogen-bond acceptors (Lipinski definition) is 1. The lowest BCUT2D eigenvalue weighted by Crippen LogP contribution is -2.23. The molecular weight excluding hydrogens is 251 g/mol. The van der Waals surface area contributed by atoms with Gasteiger partial charge in [0.25, 0.3) is 0 Å². The van der Waals surface area contributed by atoms with Crippen LogP contribution in [0.2, 0.25) is 0 Å². The van der Waals surface area contributed by atoms with E-state index in [1.54, 1.807) is 12.1 Å². The lowest BCUT2D eigenvalue weighted by molar-refractivity contribution is 0.483. The summed E-state index contributed by atoms with van der Waals surface area (Å²) in [5.41, 5.74) is 0.904. The van der Waals surface area contributed by atoms with E-state index in [1.165, 1.54) is 24.3 Å². The molecular formula is C15H14F3N. The smallest absolute Gasteiger partial charge is 0.163 e. The van der Waals surface area contributed by atoms with E-state index in [0.29, 0.717) is 12.1 Å². The van der Waals surface area contributed by atoms with Crippen molar-refractivity contribution in [3.05, 3.63) is 71.0 Å². The number of benzene rings is 2. The molecule has 0 saturated carbocycles. The standard InChI is InChI=1S/C15H14F3N/c1-2-19-15(10-6-8-11(16)9-7-10)12-4-3-5-13(17)14(12)18/h3-9,15,19H,2H2,1H3. The highest BCUT2D eigenvalue weighted by atomic mass is 19.2. The van der Waals surface area contributed by atoms with E-state index in [2.05, 4.69) is 5.32 Å². The molecule has 0 radical (unpaired) electrons. The molecule has 0 aliphatic rings. The lowest BCUT2D eigenvalue weighted by atomic mass is 9.98. The topological polar surface area (TPSA) is 12.0 Å². The van der Waals surface area contributed by atoms with Gasteiger partial charge in [-0.25, -0.2) is 13.2 Å². The Kier molecular flexibility index (Phi) is 4.22. The summed E-state index contributed by atoms with van der Waals surface area (Å²) < 4.78 is 40.1. The van der Waals surface area contributed by atoms with Crippen LogP contribution in [0.5, 0.6) is 0 Å². The van der Waals surface area contributed by atoms with Crippen molar-refractivity contribution in [3.8, 4) is 0 Å². The monoisotopic (exact) mass is 265 g/mol. The second kappa shape index (κ2) is 5.89. The number of rotatable bonds is 4. The van der Waals surface area contributed by atoms with Gasteiger partial charge >= 0.3 is 0 Å². The molecule has 0 spiro atoms. The zero-order chi connectivity index (χ0) is 13.8. The predicted molar refractivity (Wildman–Crippen MR) is 68.3 cm³/mol. The van der Waals surface area contributed by atoms with E-state index < -0.39 is 17.7 Å². The van der Waals surface area contributed by atoms with Crippen LogP contribution < -0.4 is 5.32 Å². The Balaban J connectivity index is 2.45. The van der Waals surface area contributed by atoms with Crippen LogP contribution in [0.1, 0.15) is 24.1 Å². The summed E-state index contributed by atoms with van der Waals surface area (Å²) in [6.07, 6.45) is 0. The van der Waals surface area contributed by atoms with Crippen LogP contribution in [0.3, 0.4) is 0 Å². The van der Waals surface area contributed by atoms with Gasteiger partial charge in [0.05, 0.1) is 6.04 Å². The predicted octanol–water partition coefficient (Wildman–Crippen LogP) is 3.80. The molecule has 100 valence electrons. The number of nitrogens with one attached hydrogen (secondary N) is 1. The summed E-state index contributed by atoms with van der Waals surface area (Å²) in [4.78, 5) is 0. The van der Waals surface area contributed by atoms with Gasteiger partial charge in [0, 0.05) is 5.56 Å². The molecule has 4 heteroatoms. The number of hydrogen-bond donors (Lipinski definition) is 1. The first kappa shape index (κ1) is 13.6. The average molecular weight is 265 g/mol. The molecule has 0 aliphatic carbocycles. The van der Waals surface area contributed by atoms with E-state index in [9.17, 15) is 13.2 Å². The Morgan fingerprint density at radius 3 is 2.32 bits per heavy atom. The highest BCUT2D eigenvalue weighted by Crippen LogP contribution is 2.25. The molecule has 1 nitrogen and oxygen atoms in total. The minimum atomic E-state index is -0.887. The maximum atomic E-state index is 13.9. The summed E-state index contributed by atoms with van der Waals surface area (Å²) in [5.74, 6) is -2.13. The van der Waals surface area contributed by atoms with Gasteiger partial charge in [-0.3, -0.25) is 0 Å². The zero-order valence-corrected chi connectivity index (χ0v) is 10.5. The van der Waals surface area contributed by atoms with E-state index in [0.717, 1.165) is 6.07 Å². The molecule has 0 aliphatic heterocycles. The van der Waals surface area contributed by atoms with Crippen molar-refractivity contribution in [2.24, 2.45) is 0 Å². The molecule has 0 bridgehead atoms. The molecule has 1 atom stereocenters. The fraction of sp³-hybridized carbons (Fsp3) is 0.200. The summed E-state index contributed by atoms with van der Waals surface area (Å²) >= 11 is 0. The molecule has 0 saturated heterocycles. The van der Waals surface area contributed by atoms with Crippen molar-refractivity contribution in [1.82, 2.24) is 5.32 Å². The molecule has 2 aromatic rings. The van der Waals surface area contributed by atoms with Gasteiger partial charge in [0.15, 0.2) is 11.6 Å². The molecule has 0 heterocycles. The van der Waals surface area contributed by atoms with Crippen LogP contribution in [-0.2, 0) is 0 Å². The Bertz CT molecular complexity index is 552. The quantitative estimate of drug-likeness (QED) is 0.886. The fourth-order valence-electron chi connectivity index (χ4n) is 2.01. The Hall–Kier alpha value is -1.81. The average Bonchev–Trinajstić information content (AvgIpc) is 2.41. The minimum absolute atomic E-state index is 0.216. The van der Waals surface area contributed by atoms with Crippen molar-refractivity contribution in [3.63, 3.8) is 0 Å². The van der Waals surface area contributed by atoms with Crippen LogP contribution in [0.15, 0.2) is 42.5 Å². The first-order valence-electron chi connectivity index (χ1n) is 6.06. The van der Waals surface area contributed by atoms with Crippen molar-refractivity contribution in [2.75, 3.05) is 6.54 Å². The van der Waals surface area contributed by atoms with Crippen molar-refractivity contribution < 1.29 is 13.2 Å². The summed E-state index contributed by atoms with van der Waals surface area (Å²) in [5, 5.41) is 3.07. The van der Waals surface area contributed by atoms with E-state index in [4.69, 9.17) is 0 Å². The van der Waals surface area contributed by atoms with Crippen molar-refractivity contribution >= 4 is 0 Å². The SMILES string of the molecule is CCNC(c1ccc(F)cc1)c1cccc(F)c1F. The van der Waals surface area contributed by atoms with Crippen LogP contribution in [-0.4, -0.2) is 6.54 Å². The first-order valence-corrected chi connectivity index (χ1v) is 6.06. The fourth-order valence-corrected chi connectivity index (χ4v) is 2.01. The van der Waals surface area contributed by atoms with Crippen LogP contribution in [0.25, 0.3) is 0 Å². The van der Waals surface area contributed by atoms with Gasteiger partial charge in [-0.1, -0.05) is 31.2 Å². The summed E-state index contributed by atoms with van der Waals surface area (Å²) in [7, 11) is 0. The maximum absolute atomic E-state index is 13.9. The van der Waals surface area contributed by atoms with Crippen LogP contribution >= 0.6 is 0 Å². The summed E-state index contributed by atoms with van der Waals surface area (Å²) in [6, 6.07) is 9.29. The first-order chi connectivity index (χ1) is 9.13. The second-order valence-corrected chi connectivity index (χ2v) is 4.19. The Morgan fingerprint density at radius 2 is 1.68 bits per heavy atom. The molecule has 2 rings (SSSR count). The largest absolute Gasteiger partial charge is 0.306 e. The normalized spacial score (nSPS) is 12.4. The number of halogens is 3. The Labute approximate surface area is 110 Å². The molecule has 0 amide bonds.